The molecule has 1 aromatic carbocycles. The number of anilines is 1. The van der Waals surface area contributed by atoms with Crippen molar-refractivity contribution in [2.45, 2.75) is 20.3 Å². The van der Waals surface area contributed by atoms with Gasteiger partial charge in [-0.05, 0) is 26.0 Å². The number of hydrogen-bond acceptors (Lipinski definition) is 4. The largest absolute Gasteiger partial charge is 0.466 e. The Labute approximate surface area is 111 Å². The number of carbonyl (C=O) groups is 3. The first-order chi connectivity index (χ1) is 9.04. The molecule has 0 saturated carbocycles. The maximum atomic E-state index is 12.0. The van der Waals surface area contributed by atoms with Crippen LogP contribution in [0.25, 0.3) is 0 Å². The van der Waals surface area contributed by atoms with Crippen molar-refractivity contribution in [3.8, 4) is 0 Å². The Bertz CT molecular complexity index is 456. The summed E-state index contributed by atoms with van der Waals surface area (Å²) in [6.07, 6.45) is -0.234. The number of para-hydroxylation sites is 1. The number of ether oxygens (including phenoxy) is 1. The molecule has 0 radical (unpaired) electrons. The first kappa shape index (κ1) is 14.9. The van der Waals surface area contributed by atoms with Crippen molar-refractivity contribution in [1.29, 1.82) is 0 Å². The van der Waals surface area contributed by atoms with E-state index in [-0.39, 0.29) is 18.8 Å². The van der Waals surface area contributed by atoms with Crippen LogP contribution < -0.4 is 5.32 Å². The minimum atomic E-state index is -1.01. The lowest BCUT2D eigenvalue weighted by Gasteiger charge is -2.13. The van der Waals surface area contributed by atoms with E-state index < -0.39 is 17.8 Å². The van der Waals surface area contributed by atoms with Crippen molar-refractivity contribution in [2.75, 3.05) is 11.9 Å². The Balaban J connectivity index is 2.68. The normalized spacial score (nSPS) is 11.5. The van der Waals surface area contributed by atoms with Gasteiger partial charge in [-0.1, -0.05) is 18.2 Å². The van der Waals surface area contributed by atoms with Gasteiger partial charge in [-0.2, -0.15) is 0 Å². The van der Waals surface area contributed by atoms with Crippen LogP contribution in [-0.2, 0) is 19.1 Å². The van der Waals surface area contributed by atoms with Crippen molar-refractivity contribution in [1.82, 2.24) is 0 Å². The highest BCUT2D eigenvalue weighted by molar-refractivity contribution is 6.08. The van der Waals surface area contributed by atoms with E-state index in [4.69, 9.17) is 4.74 Å². The first-order valence-corrected chi connectivity index (χ1v) is 6.06. The Hall–Kier alpha value is -2.17. The molecule has 19 heavy (non-hydrogen) atoms. The third-order valence-corrected chi connectivity index (χ3v) is 2.52. The fourth-order valence-corrected chi connectivity index (χ4v) is 1.56. The number of amides is 1. The second kappa shape index (κ2) is 7.31. The van der Waals surface area contributed by atoms with Crippen molar-refractivity contribution >= 4 is 23.3 Å². The molecule has 1 N–H and O–H groups in total. The number of esters is 1. The van der Waals surface area contributed by atoms with Crippen LogP contribution in [0.1, 0.15) is 20.3 Å². The SMILES string of the molecule is CCOC(=O)CC(C(C)=O)C(=O)Nc1ccccc1. The summed E-state index contributed by atoms with van der Waals surface area (Å²) in [7, 11) is 0. The molecule has 1 rings (SSSR count). The van der Waals surface area contributed by atoms with E-state index in [1.54, 1.807) is 31.2 Å². The second-order valence-electron chi connectivity index (χ2n) is 4.03. The molecule has 5 nitrogen and oxygen atoms in total. The molecule has 1 aromatic rings. The lowest BCUT2D eigenvalue weighted by atomic mass is 10.00. The van der Waals surface area contributed by atoms with E-state index >= 15 is 0 Å². The van der Waals surface area contributed by atoms with Gasteiger partial charge in [0.2, 0.25) is 5.91 Å². The van der Waals surface area contributed by atoms with Crippen LogP contribution in [0.15, 0.2) is 30.3 Å². The van der Waals surface area contributed by atoms with Crippen LogP contribution in [0.5, 0.6) is 0 Å². The highest BCUT2D eigenvalue weighted by Gasteiger charge is 2.26. The van der Waals surface area contributed by atoms with Gasteiger partial charge in [-0.3, -0.25) is 14.4 Å². The Morgan fingerprint density at radius 1 is 1.21 bits per heavy atom. The molecule has 0 aromatic heterocycles. The van der Waals surface area contributed by atoms with Gasteiger partial charge in [0.05, 0.1) is 13.0 Å². The molecule has 1 unspecified atom stereocenters. The zero-order valence-electron chi connectivity index (χ0n) is 11.0. The zero-order valence-corrected chi connectivity index (χ0v) is 11.0. The summed E-state index contributed by atoms with van der Waals surface area (Å²) in [6, 6.07) is 8.77. The minimum absolute atomic E-state index is 0.226. The van der Waals surface area contributed by atoms with Crippen LogP contribution in [0.3, 0.4) is 0 Å². The molecule has 0 saturated heterocycles. The van der Waals surface area contributed by atoms with Crippen molar-refractivity contribution in [2.24, 2.45) is 5.92 Å². The van der Waals surface area contributed by atoms with Crippen LogP contribution in [0.2, 0.25) is 0 Å². The summed E-state index contributed by atoms with van der Waals surface area (Å²) in [6.45, 7) is 3.18. The second-order valence-corrected chi connectivity index (χ2v) is 4.03. The molecule has 0 aliphatic carbocycles. The standard InChI is InChI=1S/C14H17NO4/c1-3-19-13(17)9-12(10(2)16)14(18)15-11-7-5-4-6-8-11/h4-8,12H,3,9H2,1-2H3,(H,15,18). The fraction of sp³-hybridized carbons (Fsp3) is 0.357. The van der Waals surface area contributed by atoms with Crippen LogP contribution in [-0.4, -0.2) is 24.3 Å². The summed E-state index contributed by atoms with van der Waals surface area (Å²) in [5, 5.41) is 2.60. The predicted octanol–water partition coefficient (Wildman–Crippen LogP) is 1.78. The lowest BCUT2D eigenvalue weighted by molar-refractivity contribution is -0.148. The molecule has 0 heterocycles. The molecular formula is C14H17NO4. The minimum Gasteiger partial charge on any atom is -0.466 e. The van der Waals surface area contributed by atoms with Crippen LogP contribution >= 0.6 is 0 Å². The van der Waals surface area contributed by atoms with Gasteiger partial charge in [-0.15, -0.1) is 0 Å². The Morgan fingerprint density at radius 2 is 1.84 bits per heavy atom. The lowest BCUT2D eigenvalue weighted by Crippen LogP contribution is -2.30. The summed E-state index contributed by atoms with van der Waals surface area (Å²) in [4.78, 5) is 34.8. The van der Waals surface area contributed by atoms with Crippen LogP contribution in [0.4, 0.5) is 5.69 Å². The van der Waals surface area contributed by atoms with Gasteiger partial charge >= 0.3 is 5.97 Å². The summed E-state index contributed by atoms with van der Waals surface area (Å²) in [5.74, 6) is -2.42. The molecule has 0 fully saturated rings. The molecule has 0 aliphatic heterocycles. The average Bonchev–Trinajstić information content (AvgIpc) is 2.37. The number of ketones is 1. The van der Waals surface area contributed by atoms with E-state index in [1.807, 2.05) is 6.07 Å². The molecule has 0 spiro atoms. The van der Waals surface area contributed by atoms with Crippen molar-refractivity contribution in [3.05, 3.63) is 30.3 Å². The number of rotatable bonds is 6. The van der Waals surface area contributed by atoms with Gasteiger partial charge in [0, 0.05) is 5.69 Å². The van der Waals surface area contributed by atoms with E-state index in [0.29, 0.717) is 5.69 Å². The van der Waals surface area contributed by atoms with Crippen molar-refractivity contribution in [3.63, 3.8) is 0 Å². The number of Topliss-reactive ketones (excluding diaryl/α,β-unsaturated/α-hetero) is 1. The third-order valence-electron chi connectivity index (χ3n) is 2.52. The monoisotopic (exact) mass is 263 g/mol. The average molecular weight is 263 g/mol. The third kappa shape index (κ3) is 4.91. The quantitative estimate of drug-likeness (QED) is 0.627. The van der Waals surface area contributed by atoms with Gasteiger partial charge < -0.3 is 10.1 Å². The molecule has 1 amide bonds. The van der Waals surface area contributed by atoms with Gasteiger partial charge in [0.25, 0.3) is 0 Å². The number of nitrogens with one attached hydrogen (secondary N) is 1. The van der Waals surface area contributed by atoms with Crippen molar-refractivity contribution < 1.29 is 19.1 Å². The Kier molecular flexibility index (Phi) is 5.73. The molecular weight excluding hydrogens is 246 g/mol. The van der Waals surface area contributed by atoms with Crippen LogP contribution in [0, 0.1) is 5.92 Å². The number of carbonyl (C=O) groups excluding carboxylic acids is 3. The zero-order chi connectivity index (χ0) is 14.3. The fourth-order valence-electron chi connectivity index (χ4n) is 1.56. The highest BCUT2D eigenvalue weighted by atomic mass is 16.5. The summed E-state index contributed by atoms with van der Waals surface area (Å²) >= 11 is 0. The van der Waals surface area contributed by atoms with E-state index in [1.165, 1.54) is 6.92 Å². The summed E-state index contributed by atoms with van der Waals surface area (Å²) < 4.78 is 4.75. The van der Waals surface area contributed by atoms with Gasteiger partial charge in [-0.25, -0.2) is 0 Å². The predicted molar refractivity (Wildman–Crippen MR) is 70.5 cm³/mol. The molecule has 0 aliphatic rings. The molecule has 1 atom stereocenters. The summed E-state index contributed by atoms with van der Waals surface area (Å²) in [5.41, 5.74) is 0.586. The molecule has 102 valence electrons. The molecule has 0 bridgehead atoms. The maximum Gasteiger partial charge on any atom is 0.307 e. The smallest absolute Gasteiger partial charge is 0.307 e. The van der Waals surface area contributed by atoms with Gasteiger partial charge in [0.15, 0.2) is 0 Å². The Morgan fingerprint density at radius 3 is 2.37 bits per heavy atom. The van der Waals surface area contributed by atoms with Gasteiger partial charge in [0.1, 0.15) is 11.7 Å². The first-order valence-electron chi connectivity index (χ1n) is 6.06. The van der Waals surface area contributed by atoms with E-state index in [2.05, 4.69) is 5.32 Å². The van der Waals surface area contributed by atoms with E-state index in [9.17, 15) is 14.4 Å². The topological polar surface area (TPSA) is 72.5 Å². The number of benzene rings is 1. The maximum absolute atomic E-state index is 12.0. The highest BCUT2D eigenvalue weighted by Crippen LogP contribution is 2.12. The number of hydrogen-bond donors (Lipinski definition) is 1. The van der Waals surface area contributed by atoms with E-state index in [0.717, 1.165) is 0 Å². The molecule has 5 heteroatoms.